The van der Waals surface area contributed by atoms with E-state index in [1.54, 1.807) is 0 Å². The number of hydrogen-bond donors (Lipinski definition) is 2. The van der Waals surface area contributed by atoms with Crippen LogP contribution in [0.2, 0.25) is 0 Å². The third kappa shape index (κ3) is 3.78. The second-order valence-electron chi connectivity index (χ2n) is 4.89. The van der Waals surface area contributed by atoms with E-state index < -0.39 is 0 Å². The quantitative estimate of drug-likeness (QED) is 0.753. The van der Waals surface area contributed by atoms with Crippen LogP contribution in [0.3, 0.4) is 0 Å². The molecule has 0 spiro atoms. The highest BCUT2D eigenvalue weighted by atomic mass is 16.2. The Morgan fingerprint density at radius 3 is 2.81 bits per heavy atom. The molecule has 2 N–H and O–H groups in total. The molecule has 0 aromatic heterocycles. The minimum absolute atomic E-state index is 0.166. The van der Waals surface area contributed by atoms with Crippen LogP contribution in [-0.4, -0.2) is 24.5 Å². The third-order valence-electron chi connectivity index (χ3n) is 3.57. The van der Waals surface area contributed by atoms with E-state index in [1.165, 1.54) is 0 Å². The number of carbonyl (C=O) groups is 1. The third-order valence-corrected chi connectivity index (χ3v) is 3.57. The van der Waals surface area contributed by atoms with Crippen LogP contribution in [0.1, 0.15) is 52.9 Å². The van der Waals surface area contributed by atoms with Crippen molar-refractivity contribution in [2.24, 2.45) is 5.92 Å². The molecular formula is C13H26N2O. The van der Waals surface area contributed by atoms with Gasteiger partial charge >= 0.3 is 0 Å². The van der Waals surface area contributed by atoms with Gasteiger partial charge in [-0.1, -0.05) is 20.3 Å². The summed E-state index contributed by atoms with van der Waals surface area (Å²) in [5, 5.41) is 6.56. The summed E-state index contributed by atoms with van der Waals surface area (Å²) in [6, 6.07) is 0.694. The van der Waals surface area contributed by atoms with Gasteiger partial charge in [-0.05, 0) is 39.2 Å². The first-order valence-corrected chi connectivity index (χ1v) is 6.72. The van der Waals surface area contributed by atoms with Crippen LogP contribution in [-0.2, 0) is 4.79 Å². The van der Waals surface area contributed by atoms with Gasteiger partial charge in [0.05, 0.1) is 5.92 Å². The fourth-order valence-corrected chi connectivity index (χ4v) is 2.44. The Balaban J connectivity index is 2.42. The fraction of sp³-hybridized carbons (Fsp3) is 0.923. The molecule has 1 saturated heterocycles. The van der Waals surface area contributed by atoms with E-state index in [-0.39, 0.29) is 11.8 Å². The lowest BCUT2D eigenvalue weighted by Gasteiger charge is -2.30. The first kappa shape index (κ1) is 13.5. The molecule has 1 rings (SSSR count). The average Bonchev–Trinajstić information content (AvgIpc) is 2.28. The van der Waals surface area contributed by atoms with Crippen molar-refractivity contribution in [2.45, 2.75) is 65.0 Å². The molecule has 0 aliphatic carbocycles. The summed E-state index contributed by atoms with van der Waals surface area (Å²) in [6.07, 6.45) is 5.41. The second kappa shape index (κ2) is 6.89. The van der Waals surface area contributed by atoms with Gasteiger partial charge < -0.3 is 10.6 Å². The molecule has 3 unspecified atom stereocenters. The summed E-state index contributed by atoms with van der Waals surface area (Å²) in [4.78, 5) is 12.1. The predicted octanol–water partition coefficient (Wildman–Crippen LogP) is 2.07. The summed E-state index contributed by atoms with van der Waals surface area (Å²) in [5.41, 5.74) is 0. The molecule has 1 aliphatic rings. The minimum atomic E-state index is 0.166. The van der Waals surface area contributed by atoms with E-state index >= 15 is 0 Å². The minimum Gasteiger partial charge on any atom is -0.353 e. The van der Waals surface area contributed by atoms with Gasteiger partial charge in [-0.3, -0.25) is 4.79 Å². The van der Waals surface area contributed by atoms with Crippen molar-refractivity contribution >= 4 is 5.91 Å². The van der Waals surface area contributed by atoms with E-state index in [0.29, 0.717) is 12.1 Å². The maximum atomic E-state index is 12.1. The molecule has 3 nitrogen and oxygen atoms in total. The van der Waals surface area contributed by atoms with Gasteiger partial charge in [0.15, 0.2) is 0 Å². The van der Waals surface area contributed by atoms with Crippen LogP contribution >= 0.6 is 0 Å². The highest BCUT2D eigenvalue weighted by Gasteiger charge is 2.28. The van der Waals surface area contributed by atoms with Crippen LogP contribution in [0.5, 0.6) is 0 Å². The first-order chi connectivity index (χ1) is 7.69. The predicted molar refractivity (Wildman–Crippen MR) is 67.3 cm³/mol. The lowest BCUT2D eigenvalue weighted by atomic mass is 9.90. The van der Waals surface area contributed by atoms with Gasteiger partial charge in [0.2, 0.25) is 5.91 Å². The molecule has 94 valence electrons. The fourth-order valence-electron chi connectivity index (χ4n) is 2.44. The Morgan fingerprint density at radius 1 is 1.50 bits per heavy atom. The van der Waals surface area contributed by atoms with Gasteiger partial charge in [0, 0.05) is 12.1 Å². The molecule has 3 heteroatoms. The van der Waals surface area contributed by atoms with Crippen molar-refractivity contribution in [3.8, 4) is 0 Å². The molecule has 3 atom stereocenters. The van der Waals surface area contributed by atoms with Gasteiger partial charge in [-0.15, -0.1) is 0 Å². The SMILES string of the molecule is CCCC(CC)NC(=O)C1CCCNC1C. The Morgan fingerprint density at radius 2 is 2.25 bits per heavy atom. The zero-order valence-electron chi connectivity index (χ0n) is 10.9. The van der Waals surface area contributed by atoms with Crippen LogP contribution in [0.15, 0.2) is 0 Å². The van der Waals surface area contributed by atoms with Crippen molar-refractivity contribution in [3.05, 3.63) is 0 Å². The van der Waals surface area contributed by atoms with Gasteiger partial charge in [0.1, 0.15) is 0 Å². The molecule has 0 aromatic carbocycles. The molecule has 0 bridgehead atoms. The molecule has 1 aliphatic heterocycles. The monoisotopic (exact) mass is 226 g/mol. The van der Waals surface area contributed by atoms with Crippen molar-refractivity contribution in [2.75, 3.05) is 6.54 Å². The Kier molecular flexibility index (Phi) is 5.81. The number of nitrogens with one attached hydrogen (secondary N) is 2. The summed E-state index contributed by atoms with van der Waals surface area (Å²) >= 11 is 0. The summed E-state index contributed by atoms with van der Waals surface area (Å²) < 4.78 is 0. The summed E-state index contributed by atoms with van der Waals surface area (Å²) in [5.74, 6) is 0.416. The van der Waals surface area contributed by atoms with E-state index in [4.69, 9.17) is 0 Å². The van der Waals surface area contributed by atoms with Gasteiger partial charge in [-0.25, -0.2) is 0 Å². The number of carbonyl (C=O) groups excluding carboxylic acids is 1. The lowest BCUT2D eigenvalue weighted by Crippen LogP contribution is -2.48. The number of piperidine rings is 1. The second-order valence-corrected chi connectivity index (χ2v) is 4.89. The smallest absolute Gasteiger partial charge is 0.224 e. The first-order valence-electron chi connectivity index (χ1n) is 6.72. The molecule has 1 heterocycles. The van der Waals surface area contributed by atoms with Crippen LogP contribution in [0.25, 0.3) is 0 Å². The molecule has 1 fully saturated rings. The highest BCUT2D eigenvalue weighted by molar-refractivity contribution is 5.79. The van der Waals surface area contributed by atoms with Crippen molar-refractivity contribution in [1.29, 1.82) is 0 Å². The molecule has 16 heavy (non-hydrogen) atoms. The largest absolute Gasteiger partial charge is 0.353 e. The summed E-state index contributed by atoms with van der Waals surface area (Å²) in [7, 11) is 0. The Labute approximate surface area is 99.4 Å². The normalized spacial score (nSPS) is 27.4. The number of rotatable bonds is 5. The van der Waals surface area contributed by atoms with Gasteiger partial charge in [-0.2, -0.15) is 0 Å². The van der Waals surface area contributed by atoms with Crippen LogP contribution in [0, 0.1) is 5.92 Å². The Hall–Kier alpha value is -0.570. The molecule has 1 amide bonds. The Bertz CT molecular complexity index is 218. The standard InChI is InChI=1S/C13H26N2O/c1-4-7-11(5-2)15-13(16)12-8-6-9-14-10(12)3/h10-12,14H,4-9H2,1-3H3,(H,15,16). The summed E-state index contributed by atoms with van der Waals surface area (Å²) in [6.45, 7) is 7.48. The lowest BCUT2D eigenvalue weighted by molar-refractivity contribution is -0.127. The van der Waals surface area contributed by atoms with Crippen LogP contribution in [0.4, 0.5) is 0 Å². The topological polar surface area (TPSA) is 41.1 Å². The van der Waals surface area contributed by atoms with Crippen molar-refractivity contribution in [1.82, 2.24) is 10.6 Å². The molecular weight excluding hydrogens is 200 g/mol. The molecule has 0 radical (unpaired) electrons. The van der Waals surface area contributed by atoms with Crippen molar-refractivity contribution < 1.29 is 4.79 Å². The van der Waals surface area contributed by atoms with E-state index in [1.807, 2.05) is 0 Å². The maximum absolute atomic E-state index is 12.1. The highest BCUT2D eigenvalue weighted by Crippen LogP contribution is 2.17. The van der Waals surface area contributed by atoms with E-state index in [2.05, 4.69) is 31.4 Å². The number of amides is 1. The molecule has 0 saturated carbocycles. The van der Waals surface area contributed by atoms with Crippen LogP contribution < -0.4 is 10.6 Å². The van der Waals surface area contributed by atoms with E-state index in [9.17, 15) is 4.79 Å². The van der Waals surface area contributed by atoms with Crippen molar-refractivity contribution in [3.63, 3.8) is 0 Å². The zero-order chi connectivity index (χ0) is 12.0. The average molecular weight is 226 g/mol. The number of hydrogen-bond acceptors (Lipinski definition) is 2. The van der Waals surface area contributed by atoms with E-state index in [0.717, 1.165) is 38.6 Å². The van der Waals surface area contributed by atoms with Gasteiger partial charge in [0.25, 0.3) is 0 Å². The molecule has 0 aromatic rings. The zero-order valence-corrected chi connectivity index (χ0v) is 10.9. The maximum Gasteiger partial charge on any atom is 0.224 e.